The zero-order valence-electron chi connectivity index (χ0n) is 14.6. The normalized spacial score (nSPS) is 20.6. The van der Waals surface area contributed by atoms with Crippen LogP contribution in [-0.2, 0) is 14.8 Å². The molecular weight excluding hydrogens is 354 g/mol. The van der Waals surface area contributed by atoms with Gasteiger partial charge in [0.05, 0.1) is 29.7 Å². The third-order valence-corrected chi connectivity index (χ3v) is 5.47. The molecule has 1 amide bonds. The van der Waals surface area contributed by atoms with E-state index in [0.717, 1.165) is 0 Å². The van der Waals surface area contributed by atoms with Crippen LogP contribution in [-0.4, -0.2) is 49.5 Å². The van der Waals surface area contributed by atoms with E-state index in [0.29, 0.717) is 18.8 Å². The number of anilines is 1. The molecule has 1 saturated heterocycles. The monoisotopic (exact) mass is 375 g/mol. The van der Waals surface area contributed by atoms with Gasteiger partial charge in [0.15, 0.2) is 0 Å². The van der Waals surface area contributed by atoms with Gasteiger partial charge in [-0.3, -0.25) is 14.5 Å². The quantitative estimate of drug-likeness (QED) is 0.884. The molecule has 0 unspecified atom stereocenters. The Hall–Kier alpha value is -2.45. The first kappa shape index (κ1) is 18.3. The Kier molecular flexibility index (Phi) is 5.24. The van der Waals surface area contributed by atoms with Gasteiger partial charge in [0, 0.05) is 19.3 Å². The second-order valence-electron chi connectivity index (χ2n) is 6.31. The number of hydrogen-bond donors (Lipinski definition) is 1. The maximum atomic E-state index is 13.0. The predicted octanol–water partition coefficient (Wildman–Crippen LogP) is 2.13. The average Bonchev–Trinajstić information content (AvgIpc) is 2.61. The molecule has 1 N–H and O–H groups in total. The number of sulfonamides is 1. The van der Waals surface area contributed by atoms with Gasteiger partial charge < -0.3 is 9.64 Å². The van der Waals surface area contributed by atoms with Crippen molar-refractivity contribution in [2.24, 2.45) is 0 Å². The lowest BCUT2D eigenvalue weighted by atomic mass is 10.1. The van der Waals surface area contributed by atoms with Crippen molar-refractivity contribution in [2.75, 3.05) is 17.8 Å². The van der Waals surface area contributed by atoms with Crippen LogP contribution >= 0.6 is 0 Å². The fourth-order valence-corrected chi connectivity index (χ4v) is 4.27. The number of amides is 1. The lowest BCUT2D eigenvalue weighted by Crippen LogP contribution is -2.48. The topological polar surface area (TPSA) is 88.6 Å². The Labute approximate surface area is 153 Å². The molecule has 26 heavy (non-hydrogen) atoms. The van der Waals surface area contributed by atoms with E-state index in [-0.39, 0.29) is 28.6 Å². The summed E-state index contributed by atoms with van der Waals surface area (Å²) in [6.45, 7) is 4.63. The number of nitrogens with zero attached hydrogens (tertiary/aromatic N) is 2. The van der Waals surface area contributed by atoms with Crippen LogP contribution in [0.15, 0.2) is 53.7 Å². The van der Waals surface area contributed by atoms with Crippen molar-refractivity contribution in [1.29, 1.82) is 0 Å². The van der Waals surface area contributed by atoms with E-state index in [2.05, 4.69) is 9.71 Å². The van der Waals surface area contributed by atoms with Gasteiger partial charge in [-0.25, -0.2) is 8.42 Å². The Morgan fingerprint density at radius 1 is 1.15 bits per heavy atom. The number of carbonyl (C=O) groups excluding carboxylic acids is 1. The first-order chi connectivity index (χ1) is 12.4. The third kappa shape index (κ3) is 4.03. The van der Waals surface area contributed by atoms with Gasteiger partial charge in [0.25, 0.3) is 15.9 Å². The van der Waals surface area contributed by atoms with Crippen molar-refractivity contribution < 1.29 is 17.9 Å². The molecule has 2 aromatic rings. The fraction of sp³-hybridized carbons (Fsp3) is 0.333. The van der Waals surface area contributed by atoms with Gasteiger partial charge in [0.1, 0.15) is 4.90 Å². The van der Waals surface area contributed by atoms with E-state index in [4.69, 9.17) is 4.74 Å². The molecule has 1 fully saturated rings. The van der Waals surface area contributed by atoms with Crippen molar-refractivity contribution >= 4 is 21.6 Å². The molecule has 0 saturated carbocycles. The number of benzene rings is 1. The molecule has 1 aromatic carbocycles. The highest BCUT2D eigenvalue weighted by Crippen LogP contribution is 2.22. The zero-order chi connectivity index (χ0) is 18.7. The van der Waals surface area contributed by atoms with E-state index in [1.54, 1.807) is 35.4 Å². The molecule has 1 aliphatic rings. The summed E-state index contributed by atoms with van der Waals surface area (Å²) >= 11 is 0. The minimum absolute atomic E-state index is 0.0550. The number of aromatic nitrogens is 1. The second-order valence-corrected chi connectivity index (χ2v) is 7.96. The minimum atomic E-state index is -3.92. The summed E-state index contributed by atoms with van der Waals surface area (Å²) in [6.07, 6.45) is 2.77. The molecule has 3 rings (SSSR count). The largest absolute Gasteiger partial charge is 0.372 e. The van der Waals surface area contributed by atoms with Gasteiger partial charge >= 0.3 is 0 Å². The summed E-state index contributed by atoms with van der Waals surface area (Å²) in [5, 5.41) is 0. The Bertz CT molecular complexity index is 876. The summed E-state index contributed by atoms with van der Waals surface area (Å²) in [6, 6.07) is 9.44. The second kappa shape index (κ2) is 7.43. The van der Waals surface area contributed by atoms with Crippen molar-refractivity contribution in [3.8, 4) is 0 Å². The van der Waals surface area contributed by atoms with Crippen molar-refractivity contribution in [1.82, 2.24) is 9.88 Å². The molecule has 2 heterocycles. The average molecular weight is 375 g/mol. The standard InChI is InChI=1S/C18H21N3O4S/c1-13-11-21(12-14(2)25-13)18(22)16-7-3-4-8-17(16)26(23,24)20-15-6-5-9-19-10-15/h3-10,13-14,20H,11-12H2,1-2H3/t13-,14+. The molecular formula is C18H21N3O4S. The van der Waals surface area contributed by atoms with Gasteiger partial charge in [-0.05, 0) is 38.1 Å². The molecule has 1 aromatic heterocycles. The smallest absolute Gasteiger partial charge is 0.262 e. The number of hydrogen-bond acceptors (Lipinski definition) is 5. The van der Waals surface area contributed by atoms with Crippen LogP contribution in [0, 0.1) is 0 Å². The summed E-state index contributed by atoms with van der Waals surface area (Å²) in [4.78, 5) is 18.5. The molecule has 0 spiro atoms. The van der Waals surface area contributed by atoms with Crippen LogP contribution in [0.25, 0.3) is 0 Å². The number of carbonyl (C=O) groups is 1. The Morgan fingerprint density at radius 3 is 2.50 bits per heavy atom. The molecule has 8 heteroatoms. The predicted molar refractivity (Wildman–Crippen MR) is 97.4 cm³/mol. The molecule has 7 nitrogen and oxygen atoms in total. The van der Waals surface area contributed by atoms with Gasteiger partial charge in [-0.2, -0.15) is 0 Å². The number of nitrogens with one attached hydrogen (secondary N) is 1. The maximum Gasteiger partial charge on any atom is 0.262 e. The lowest BCUT2D eigenvalue weighted by molar-refractivity contribution is -0.0586. The van der Waals surface area contributed by atoms with E-state index >= 15 is 0 Å². The number of rotatable bonds is 4. The first-order valence-electron chi connectivity index (χ1n) is 8.33. The minimum Gasteiger partial charge on any atom is -0.372 e. The van der Waals surface area contributed by atoms with E-state index in [9.17, 15) is 13.2 Å². The van der Waals surface area contributed by atoms with Crippen LogP contribution in [0.2, 0.25) is 0 Å². The summed E-state index contributed by atoms with van der Waals surface area (Å²) < 4.78 is 33.7. The van der Waals surface area contributed by atoms with E-state index < -0.39 is 10.0 Å². The van der Waals surface area contributed by atoms with Crippen LogP contribution in [0.4, 0.5) is 5.69 Å². The van der Waals surface area contributed by atoms with Crippen molar-refractivity contribution in [3.63, 3.8) is 0 Å². The molecule has 0 aliphatic carbocycles. The molecule has 1 aliphatic heterocycles. The van der Waals surface area contributed by atoms with Crippen molar-refractivity contribution in [2.45, 2.75) is 31.0 Å². The summed E-state index contributed by atoms with van der Waals surface area (Å²) in [5.41, 5.74) is 0.480. The number of ether oxygens (including phenoxy) is 1. The van der Waals surface area contributed by atoms with Gasteiger partial charge in [-0.15, -0.1) is 0 Å². The highest BCUT2D eigenvalue weighted by molar-refractivity contribution is 7.92. The summed E-state index contributed by atoms with van der Waals surface area (Å²) in [5.74, 6) is -0.320. The van der Waals surface area contributed by atoms with Crippen LogP contribution in [0.1, 0.15) is 24.2 Å². The Balaban J connectivity index is 1.91. The SMILES string of the molecule is C[C@@H]1CN(C(=O)c2ccccc2S(=O)(=O)Nc2cccnc2)C[C@H](C)O1. The molecule has 0 bridgehead atoms. The van der Waals surface area contributed by atoms with Crippen molar-refractivity contribution in [3.05, 3.63) is 54.4 Å². The van der Waals surface area contributed by atoms with E-state index in [1.165, 1.54) is 18.3 Å². The van der Waals surface area contributed by atoms with Gasteiger partial charge in [0.2, 0.25) is 0 Å². The van der Waals surface area contributed by atoms with Crippen LogP contribution < -0.4 is 4.72 Å². The molecule has 0 radical (unpaired) electrons. The Morgan fingerprint density at radius 2 is 1.85 bits per heavy atom. The zero-order valence-corrected chi connectivity index (χ0v) is 15.4. The van der Waals surface area contributed by atoms with E-state index in [1.807, 2.05) is 13.8 Å². The maximum absolute atomic E-state index is 13.0. The first-order valence-corrected chi connectivity index (χ1v) is 9.82. The highest BCUT2D eigenvalue weighted by atomic mass is 32.2. The summed E-state index contributed by atoms with van der Waals surface area (Å²) in [7, 11) is -3.92. The number of morpholine rings is 1. The fourth-order valence-electron chi connectivity index (χ4n) is 3.02. The number of pyridine rings is 1. The lowest BCUT2D eigenvalue weighted by Gasteiger charge is -2.35. The van der Waals surface area contributed by atoms with Crippen LogP contribution in [0.3, 0.4) is 0 Å². The van der Waals surface area contributed by atoms with Gasteiger partial charge in [-0.1, -0.05) is 12.1 Å². The highest BCUT2D eigenvalue weighted by Gasteiger charge is 2.30. The molecule has 138 valence electrons. The third-order valence-electron chi connectivity index (χ3n) is 4.03. The molecule has 2 atom stereocenters. The van der Waals surface area contributed by atoms with Crippen LogP contribution in [0.5, 0.6) is 0 Å².